The SMILES string of the molecule is Brc1ccc2cc3c(cc2c1)Cc1ccccc1C3. The number of hydrogen-bond donors (Lipinski definition) is 0. The van der Waals surface area contributed by atoms with Crippen LogP contribution in [0.5, 0.6) is 0 Å². The predicted octanol–water partition coefficient (Wildman–Crippen LogP) is 5.10. The molecule has 0 aliphatic heterocycles. The summed E-state index contributed by atoms with van der Waals surface area (Å²) in [7, 11) is 0. The molecule has 0 spiro atoms. The maximum atomic E-state index is 3.55. The minimum Gasteiger partial charge on any atom is -0.0620 e. The summed E-state index contributed by atoms with van der Waals surface area (Å²) in [5, 5.41) is 2.66. The third-order valence-corrected chi connectivity index (χ3v) is 4.49. The van der Waals surface area contributed by atoms with Crippen molar-refractivity contribution in [2.45, 2.75) is 12.8 Å². The van der Waals surface area contributed by atoms with Crippen LogP contribution in [-0.4, -0.2) is 0 Å². The molecule has 1 heteroatoms. The molecule has 1 aliphatic carbocycles. The van der Waals surface area contributed by atoms with Crippen molar-refractivity contribution in [2.24, 2.45) is 0 Å². The fourth-order valence-corrected chi connectivity index (χ4v) is 3.38. The zero-order valence-electron chi connectivity index (χ0n) is 10.5. The summed E-state index contributed by atoms with van der Waals surface area (Å²) in [4.78, 5) is 0. The van der Waals surface area contributed by atoms with Crippen LogP contribution in [0.25, 0.3) is 10.8 Å². The molecule has 0 saturated heterocycles. The van der Waals surface area contributed by atoms with E-state index in [-0.39, 0.29) is 0 Å². The molecular weight excluding hydrogens is 296 g/mol. The van der Waals surface area contributed by atoms with Crippen LogP contribution in [0.1, 0.15) is 22.3 Å². The van der Waals surface area contributed by atoms with E-state index in [2.05, 4.69) is 70.5 Å². The Bertz CT molecular complexity index is 787. The van der Waals surface area contributed by atoms with Crippen molar-refractivity contribution < 1.29 is 0 Å². The van der Waals surface area contributed by atoms with Gasteiger partial charge in [0.05, 0.1) is 0 Å². The van der Waals surface area contributed by atoms with Gasteiger partial charge in [0, 0.05) is 4.47 Å². The van der Waals surface area contributed by atoms with Crippen LogP contribution >= 0.6 is 15.9 Å². The Labute approximate surface area is 121 Å². The zero-order chi connectivity index (χ0) is 12.8. The van der Waals surface area contributed by atoms with Crippen LogP contribution in [-0.2, 0) is 12.8 Å². The number of fused-ring (bicyclic) bond motifs is 3. The summed E-state index contributed by atoms with van der Waals surface area (Å²) in [6.07, 6.45) is 2.13. The van der Waals surface area contributed by atoms with E-state index in [0.717, 1.165) is 17.3 Å². The largest absolute Gasteiger partial charge is 0.0620 e. The van der Waals surface area contributed by atoms with E-state index in [1.54, 1.807) is 0 Å². The molecule has 0 bridgehead atoms. The topological polar surface area (TPSA) is 0 Å². The van der Waals surface area contributed by atoms with Crippen molar-refractivity contribution in [3.63, 3.8) is 0 Å². The van der Waals surface area contributed by atoms with Gasteiger partial charge in [-0.3, -0.25) is 0 Å². The van der Waals surface area contributed by atoms with Gasteiger partial charge >= 0.3 is 0 Å². The molecule has 0 unspecified atom stereocenters. The highest BCUT2D eigenvalue weighted by molar-refractivity contribution is 9.10. The van der Waals surface area contributed by atoms with E-state index in [1.165, 1.54) is 33.0 Å². The monoisotopic (exact) mass is 308 g/mol. The van der Waals surface area contributed by atoms with Gasteiger partial charge in [0.15, 0.2) is 0 Å². The highest BCUT2D eigenvalue weighted by atomic mass is 79.9. The number of halogens is 1. The Balaban J connectivity index is 1.91. The van der Waals surface area contributed by atoms with E-state index in [1.807, 2.05) is 0 Å². The molecule has 4 rings (SSSR count). The van der Waals surface area contributed by atoms with Gasteiger partial charge in [-0.05, 0) is 58.0 Å². The summed E-state index contributed by atoms with van der Waals surface area (Å²) in [6.45, 7) is 0. The van der Waals surface area contributed by atoms with Crippen LogP contribution in [0, 0.1) is 0 Å². The van der Waals surface area contributed by atoms with Crippen molar-refractivity contribution in [1.82, 2.24) is 0 Å². The van der Waals surface area contributed by atoms with Gasteiger partial charge in [-0.25, -0.2) is 0 Å². The second-order valence-corrected chi connectivity index (χ2v) is 6.15. The molecule has 0 heterocycles. The molecule has 0 N–H and O–H groups in total. The lowest BCUT2D eigenvalue weighted by Crippen LogP contribution is -2.06. The summed E-state index contributed by atoms with van der Waals surface area (Å²) in [5.41, 5.74) is 5.91. The average molecular weight is 309 g/mol. The summed E-state index contributed by atoms with van der Waals surface area (Å²) >= 11 is 3.55. The Hall–Kier alpha value is -1.60. The van der Waals surface area contributed by atoms with Crippen LogP contribution in [0.15, 0.2) is 59.1 Å². The standard InChI is InChI=1S/C18H13Br/c19-18-6-5-14-9-15-7-12-3-1-2-4-13(12)8-16(15)10-17(14)11-18/h1-6,9-11H,7-8H2. The van der Waals surface area contributed by atoms with Gasteiger partial charge in [0.2, 0.25) is 0 Å². The second kappa shape index (κ2) is 4.21. The molecule has 0 saturated carbocycles. The average Bonchev–Trinajstić information content (AvgIpc) is 2.43. The fourth-order valence-electron chi connectivity index (χ4n) is 3.00. The Morgan fingerprint density at radius 1 is 0.632 bits per heavy atom. The van der Waals surface area contributed by atoms with Gasteiger partial charge in [-0.1, -0.05) is 58.4 Å². The summed E-state index contributed by atoms with van der Waals surface area (Å²) in [5.74, 6) is 0. The van der Waals surface area contributed by atoms with Crippen LogP contribution < -0.4 is 0 Å². The van der Waals surface area contributed by atoms with E-state index >= 15 is 0 Å². The normalized spacial score (nSPS) is 13.1. The molecule has 1 aliphatic rings. The predicted molar refractivity (Wildman–Crippen MR) is 83.7 cm³/mol. The first-order chi connectivity index (χ1) is 9.29. The minimum atomic E-state index is 1.06. The fraction of sp³-hybridized carbons (Fsp3) is 0.111. The highest BCUT2D eigenvalue weighted by Crippen LogP contribution is 2.31. The molecule has 3 aromatic carbocycles. The van der Waals surface area contributed by atoms with E-state index in [0.29, 0.717) is 0 Å². The Morgan fingerprint density at radius 3 is 1.95 bits per heavy atom. The molecule has 92 valence electrons. The van der Waals surface area contributed by atoms with Gasteiger partial charge < -0.3 is 0 Å². The highest BCUT2D eigenvalue weighted by Gasteiger charge is 2.15. The lowest BCUT2D eigenvalue weighted by molar-refractivity contribution is 1.01. The first-order valence-corrected chi connectivity index (χ1v) is 7.37. The molecule has 3 aromatic rings. The zero-order valence-corrected chi connectivity index (χ0v) is 12.1. The lowest BCUT2D eigenvalue weighted by Gasteiger charge is -2.20. The van der Waals surface area contributed by atoms with E-state index < -0.39 is 0 Å². The Kier molecular flexibility index (Phi) is 2.49. The smallest absolute Gasteiger partial charge is 0.0181 e. The molecule has 0 amide bonds. The van der Waals surface area contributed by atoms with Crippen molar-refractivity contribution in [3.05, 3.63) is 81.3 Å². The number of rotatable bonds is 0. The first kappa shape index (κ1) is 11.2. The number of hydrogen-bond acceptors (Lipinski definition) is 0. The molecule has 0 aromatic heterocycles. The van der Waals surface area contributed by atoms with Crippen molar-refractivity contribution in [1.29, 1.82) is 0 Å². The van der Waals surface area contributed by atoms with Gasteiger partial charge in [-0.2, -0.15) is 0 Å². The third-order valence-electron chi connectivity index (χ3n) is 4.00. The summed E-state index contributed by atoms with van der Waals surface area (Å²) in [6, 6.07) is 20.0. The number of benzene rings is 3. The van der Waals surface area contributed by atoms with Crippen LogP contribution in [0.3, 0.4) is 0 Å². The van der Waals surface area contributed by atoms with Gasteiger partial charge in [-0.15, -0.1) is 0 Å². The molecule has 19 heavy (non-hydrogen) atoms. The molecule has 0 radical (unpaired) electrons. The van der Waals surface area contributed by atoms with E-state index in [9.17, 15) is 0 Å². The maximum absolute atomic E-state index is 3.55. The quantitative estimate of drug-likeness (QED) is 0.424. The first-order valence-electron chi connectivity index (χ1n) is 6.57. The minimum absolute atomic E-state index is 1.06. The third kappa shape index (κ3) is 1.89. The molecule has 0 nitrogen and oxygen atoms in total. The van der Waals surface area contributed by atoms with Gasteiger partial charge in [0.25, 0.3) is 0 Å². The maximum Gasteiger partial charge on any atom is 0.0181 e. The Morgan fingerprint density at radius 2 is 1.26 bits per heavy atom. The van der Waals surface area contributed by atoms with E-state index in [4.69, 9.17) is 0 Å². The van der Waals surface area contributed by atoms with Crippen molar-refractivity contribution in [3.8, 4) is 0 Å². The van der Waals surface area contributed by atoms with Crippen LogP contribution in [0.4, 0.5) is 0 Å². The lowest BCUT2D eigenvalue weighted by atomic mass is 9.85. The second-order valence-electron chi connectivity index (χ2n) is 5.23. The van der Waals surface area contributed by atoms with Crippen LogP contribution in [0.2, 0.25) is 0 Å². The van der Waals surface area contributed by atoms with Gasteiger partial charge in [0.1, 0.15) is 0 Å². The molecular formula is C18H13Br. The molecule has 0 fully saturated rings. The molecule has 0 atom stereocenters. The van der Waals surface area contributed by atoms with Crippen molar-refractivity contribution >= 4 is 26.7 Å². The van der Waals surface area contributed by atoms with Crippen molar-refractivity contribution in [2.75, 3.05) is 0 Å². The summed E-state index contributed by atoms with van der Waals surface area (Å²) < 4.78 is 1.15.